The fourth-order valence-electron chi connectivity index (χ4n) is 2.41. The summed E-state index contributed by atoms with van der Waals surface area (Å²) in [5.41, 5.74) is 1.06. The summed E-state index contributed by atoms with van der Waals surface area (Å²) in [7, 11) is 0. The molecule has 1 aliphatic heterocycles. The van der Waals surface area contributed by atoms with Crippen LogP contribution in [0.5, 0.6) is 5.75 Å². The molecule has 6 heteroatoms. The predicted octanol–water partition coefficient (Wildman–Crippen LogP) is 3.11. The quantitative estimate of drug-likeness (QED) is 0.795. The molecule has 0 radical (unpaired) electrons. The lowest BCUT2D eigenvalue weighted by Gasteiger charge is -2.35. The molecule has 2 rings (SSSR count). The minimum absolute atomic E-state index is 0.0334. The van der Waals surface area contributed by atoms with Crippen LogP contribution in [-0.4, -0.2) is 48.4 Å². The lowest BCUT2D eigenvalue weighted by molar-refractivity contribution is -0.252. The molecule has 3 nitrogen and oxygen atoms in total. The first-order valence-electron chi connectivity index (χ1n) is 7.14. The third-order valence-corrected chi connectivity index (χ3v) is 3.41. The Morgan fingerprint density at radius 2 is 1.81 bits per heavy atom. The lowest BCUT2D eigenvalue weighted by atomic mass is 10.2. The minimum Gasteiger partial charge on any atom is -0.491 e. The number of nitrogens with zero attached hydrogens (tertiary/aromatic N) is 2. The fourth-order valence-corrected chi connectivity index (χ4v) is 2.41. The zero-order valence-electron chi connectivity index (χ0n) is 12.4. The molecule has 1 heterocycles. The smallest absolute Gasteiger partial charge is 0.460 e. The van der Waals surface area contributed by atoms with Crippen molar-refractivity contribution in [1.82, 2.24) is 9.80 Å². The van der Waals surface area contributed by atoms with Crippen LogP contribution in [0.4, 0.5) is 13.2 Å². The van der Waals surface area contributed by atoms with Gasteiger partial charge in [0.15, 0.2) is 0 Å². The normalized spacial score (nSPS) is 18.2. The first-order chi connectivity index (χ1) is 9.84. The van der Waals surface area contributed by atoms with Crippen molar-refractivity contribution in [2.24, 2.45) is 0 Å². The largest absolute Gasteiger partial charge is 0.491 e. The van der Waals surface area contributed by atoms with Gasteiger partial charge in [0.25, 0.3) is 0 Å². The maximum atomic E-state index is 12.6. The number of hydrogen-bond donors (Lipinski definition) is 0. The van der Waals surface area contributed by atoms with E-state index in [1.165, 1.54) is 0 Å². The monoisotopic (exact) mass is 302 g/mol. The molecule has 0 N–H and O–H groups in total. The van der Waals surface area contributed by atoms with Crippen molar-refractivity contribution in [2.75, 3.05) is 26.2 Å². The van der Waals surface area contributed by atoms with Gasteiger partial charge >= 0.3 is 6.30 Å². The highest BCUT2D eigenvalue weighted by atomic mass is 19.4. The van der Waals surface area contributed by atoms with Gasteiger partial charge in [0, 0.05) is 32.7 Å². The van der Waals surface area contributed by atoms with Crippen molar-refractivity contribution in [2.45, 2.75) is 32.8 Å². The zero-order valence-corrected chi connectivity index (χ0v) is 12.4. The van der Waals surface area contributed by atoms with Crippen molar-refractivity contribution in [3.63, 3.8) is 0 Å². The van der Waals surface area contributed by atoms with Crippen molar-refractivity contribution < 1.29 is 17.9 Å². The molecular weight excluding hydrogens is 281 g/mol. The molecule has 0 atom stereocenters. The molecule has 0 aliphatic carbocycles. The Morgan fingerprint density at radius 1 is 1.14 bits per heavy atom. The topological polar surface area (TPSA) is 15.7 Å². The van der Waals surface area contributed by atoms with E-state index in [2.05, 4.69) is 0 Å². The van der Waals surface area contributed by atoms with Gasteiger partial charge in [0.1, 0.15) is 5.75 Å². The Bertz CT molecular complexity index is 454. The number of alkyl halides is 3. The molecular formula is C15H21F3N2O. The van der Waals surface area contributed by atoms with E-state index in [1.54, 1.807) is 0 Å². The lowest BCUT2D eigenvalue weighted by Crippen LogP contribution is -2.51. The van der Waals surface area contributed by atoms with Gasteiger partial charge in [-0.3, -0.25) is 4.90 Å². The number of rotatable bonds is 4. The van der Waals surface area contributed by atoms with Gasteiger partial charge in [-0.2, -0.15) is 13.2 Å². The van der Waals surface area contributed by atoms with Gasteiger partial charge in [0.05, 0.1) is 6.10 Å². The van der Waals surface area contributed by atoms with E-state index in [4.69, 9.17) is 4.74 Å². The molecule has 1 saturated heterocycles. The Kier molecular flexibility index (Phi) is 5.11. The Labute approximate surface area is 123 Å². The summed E-state index contributed by atoms with van der Waals surface area (Å²) in [6.07, 6.45) is -4.10. The average Bonchev–Trinajstić information content (AvgIpc) is 2.38. The molecule has 0 unspecified atom stereocenters. The maximum absolute atomic E-state index is 12.6. The summed E-state index contributed by atoms with van der Waals surface area (Å²) in [6.45, 7) is 5.49. The van der Waals surface area contributed by atoms with Crippen molar-refractivity contribution in [3.05, 3.63) is 29.8 Å². The van der Waals surface area contributed by atoms with E-state index in [0.717, 1.165) is 11.3 Å². The van der Waals surface area contributed by atoms with Gasteiger partial charge in [-0.15, -0.1) is 0 Å². The Balaban J connectivity index is 1.89. The fraction of sp³-hybridized carbons (Fsp3) is 0.600. The highest BCUT2D eigenvalue weighted by Crippen LogP contribution is 2.23. The number of hydrogen-bond acceptors (Lipinski definition) is 3. The molecule has 0 aromatic heterocycles. The first-order valence-corrected chi connectivity index (χ1v) is 7.14. The van der Waals surface area contributed by atoms with Crippen LogP contribution in [-0.2, 0) is 6.54 Å². The second kappa shape index (κ2) is 6.66. The van der Waals surface area contributed by atoms with Gasteiger partial charge in [-0.05, 0) is 31.5 Å². The molecule has 21 heavy (non-hydrogen) atoms. The number of halogens is 3. The SMILES string of the molecule is CC(C)Oc1cccc(CN2CCN(C(F)(F)F)CC2)c1. The van der Waals surface area contributed by atoms with Gasteiger partial charge in [-0.1, -0.05) is 12.1 Å². The van der Waals surface area contributed by atoms with E-state index < -0.39 is 6.30 Å². The van der Waals surface area contributed by atoms with E-state index in [1.807, 2.05) is 43.0 Å². The molecule has 0 spiro atoms. The van der Waals surface area contributed by atoms with E-state index in [0.29, 0.717) is 24.5 Å². The zero-order chi connectivity index (χ0) is 15.5. The van der Waals surface area contributed by atoms with Crippen LogP contribution in [0.15, 0.2) is 24.3 Å². The average molecular weight is 302 g/mol. The van der Waals surface area contributed by atoms with Crippen LogP contribution in [0.1, 0.15) is 19.4 Å². The first kappa shape index (κ1) is 16.1. The number of benzene rings is 1. The minimum atomic E-state index is -4.21. The maximum Gasteiger partial charge on any atom is 0.460 e. The van der Waals surface area contributed by atoms with E-state index >= 15 is 0 Å². The molecule has 0 amide bonds. The summed E-state index contributed by atoms with van der Waals surface area (Å²) in [5.74, 6) is 0.802. The molecule has 1 aliphatic rings. The predicted molar refractivity (Wildman–Crippen MR) is 75.1 cm³/mol. The third-order valence-electron chi connectivity index (χ3n) is 3.41. The summed E-state index contributed by atoms with van der Waals surface area (Å²) in [4.78, 5) is 2.61. The van der Waals surface area contributed by atoms with E-state index in [9.17, 15) is 13.2 Å². The molecule has 1 aromatic carbocycles. The Hall–Kier alpha value is -1.27. The molecule has 1 fully saturated rings. The van der Waals surface area contributed by atoms with E-state index in [-0.39, 0.29) is 19.2 Å². The molecule has 0 saturated carbocycles. The highest BCUT2D eigenvalue weighted by molar-refractivity contribution is 5.28. The Morgan fingerprint density at radius 3 is 2.38 bits per heavy atom. The molecule has 0 bridgehead atoms. The van der Waals surface area contributed by atoms with Crippen LogP contribution < -0.4 is 4.74 Å². The van der Waals surface area contributed by atoms with Crippen LogP contribution in [0.25, 0.3) is 0 Å². The summed E-state index contributed by atoms with van der Waals surface area (Å²) in [5, 5.41) is 0. The van der Waals surface area contributed by atoms with Crippen LogP contribution in [0.3, 0.4) is 0 Å². The van der Waals surface area contributed by atoms with Gasteiger partial charge in [-0.25, -0.2) is 4.90 Å². The van der Waals surface area contributed by atoms with Gasteiger partial charge < -0.3 is 4.74 Å². The van der Waals surface area contributed by atoms with Gasteiger partial charge in [0.2, 0.25) is 0 Å². The standard InChI is InChI=1S/C15H21F3N2O/c1-12(2)21-14-5-3-4-13(10-14)11-19-6-8-20(9-7-19)15(16,17)18/h3-5,10,12H,6-9,11H2,1-2H3. The summed E-state index contributed by atoms with van der Waals surface area (Å²) < 4.78 is 43.3. The molecule has 118 valence electrons. The summed E-state index contributed by atoms with van der Waals surface area (Å²) >= 11 is 0. The molecule has 1 aromatic rings. The second-order valence-electron chi connectivity index (χ2n) is 5.55. The van der Waals surface area contributed by atoms with Crippen LogP contribution in [0, 0.1) is 0 Å². The number of piperazine rings is 1. The highest BCUT2D eigenvalue weighted by Gasteiger charge is 2.38. The van der Waals surface area contributed by atoms with Crippen LogP contribution >= 0.6 is 0 Å². The van der Waals surface area contributed by atoms with Crippen molar-refractivity contribution >= 4 is 0 Å². The van der Waals surface area contributed by atoms with Crippen molar-refractivity contribution in [1.29, 1.82) is 0 Å². The third kappa shape index (κ3) is 4.89. The number of ether oxygens (including phenoxy) is 1. The van der Waals surface area contributed by atoms with Crippen molar-refractivity contribution in [3.8, 4) is 5.75 Å². The summed E-state index contributed by atoms with van der Waals surface area (Å²) in [6, 6.07) is 7.74. The van der Waals surface area contributed by atoms with Crippen LogP contribution in [0.2, 0.25) is 0 Å². The second-order valence-corrected chi connectivity index (χ2v) is 5.55.